The summed E-state index contributed by atoms with van der Waals surface area (Å²) in [6.07, 6.45) is 0. The highest BCUT2D eigenvalue weighted by atomic mass is 35.5. The molecular formula is C12H18ClNO3S. The molecule has 1 aromatic rings. The van der Waals surface area contributed by atoms with Crippen LogP contribution in [0.4, 0.5) is 0 Å². The van der Waals surface area contributed by atoms with E-state index < -0.39 is 15.0 Å². The summed E-state index contributed by atoms with van der Waals surface area (Å²) in [7, 11) is -3.68. The second-order valence-electron chi connectivity index (χ2n) is 5.16. The Hall–Kier alpha value is -0.780. The normalized spacial score (nSPS) is 12.7. The lowest BCUT2D eigenvalue weighted by Crippen LogP contribution is -2.15. The molecule has 0 unspecified atom stereocenters. The molecule has 0 radical (unpaired) electrons. The Labute approximate surface area is 113 Å². The van der Waals surface area contributed by atoms with Crippen LogP contribution in [0.15, 0.2) is 17.0 Å². The van der Waals surface area contributed by atoms with Gasteiger partial charge in [0.2, 0.25) is 0 Å². The first-order valence-corrected chi connectivity index (χ1v) is 7.67. The zero-order chi connectivity index (χ0) is 14.1. The van der Waals surface area contributed by atoms with Crippen LogP contribution in [-0.2, 0) is 21.8 Å². The minimum atomic E-state index is -3.68. The van der Waals surface area contributed by atoms with E-state index >= 15 is 0 Å². The van der Waals surface area contributed by atoms with Crippen molar-refractivity contribution in [2.45, 2.75) is 37.6 Å². The average Bonchev–Trinajstić information content (AvgIpc) is 2.27. The zero-order valence-corrected chi connectivity index (χ0v) is 12.3. The van der Waals surface area contributed by atoms with Gasteiger partial charge in [-0.25, -0.2) is 8.42 Å². The fourth-order valence-electron chi connectivity index (χ4n) is 1.55. The summed E-state index contributed by atoms with van der Waals surface area (Å²) >= 11 is 5.43. The molecular weight excluding hydrogens is 274 g/mol. The van der Waals surface area contributed by atoms with Gasteiger partial charge >= 0.3 is 0 Å². The third kappa shape index (κ3) is 2.96. The smallest absolute Gasteiger partial charge is 0.195 e. The van der Waals surface area contributed by atoms with Crippen molar-refractivity contribution in [1.82, 2.24) is 0 Å². The fourth-order valence-corrected chi connectivity index (χ4v) is 2.75. The lowest BCUT2D eigenvalue weighted by Gasteiger charge is -2.22. The van der Waals surface area contributed by atoms with Gasteiger partial charge in [0.05, 0.1) is 0 Å². The number of rotatable bonds is 3. The van der Waals surface area contributed by atoms with Crippen LogP contribution in [-0.4, -0.2) is 18.7 Å². The maximum atomic E-state index is 11.8. The second kappa shape index (κ2) is 5.07. The van der Waals surface area contributed by atoms with E-state index in [2.05, 4.69) is 0 Å². The number of hydrogen-bond acceptors (Lipinski definition) is 4. The van der Waals surface area contributed by atoms with Crippen LogP contribution in [0.5, 0.6) is 5.75 Å². The fraction of sp³-hybridized carbons (Fsp3) is 0.500. The van der Waals surface area contributed by atoms with Gasteiger partial charge in [-0.05, 0) is 17.0 Å². The summed E-state index contributed by atoms with van der Waals surface area (Å²) in [6.45, 7) is 5.94. The van der Waals surface area contributed by atoms with Crippen molar-refractivity contribution in [2.75, 3.05) is 5.21 Å². The molecule has 0 fully saturated rings. The molecule has 1 rings (SSSR count). The van der Waals surface area contributed by atoms with Crippen molar-refractivity contribution in [1.29, 1.82) is 0 Å². The lowest BCUT2D eigenvalue weighted by atomic mass is 9.86. The molecule has 102 valence electrons. The highest BCUT2D eigenvalue weighted by Crippen LogP contribution is 2.34. The summed E-state index contributed by atoms with van der Waals surface area (Å²) in [4.78, 5) is -0.148. The van der Waals surface area contributed by atoms with Gasteiger partial charge in [0.15, 0.2) is 9.84 Å². The molecule has 0 heterocycles. The highest BCUT2D eigenvalue weighted by Gasteiger charge is 2.24. The number of alkyl halides is 1. The van der Waals surface area contributed by atoms with Crippen LogP contribution in [0.2, 0.25) is 0 Å². The van der Waals surface area contributed by atoms with Gasteiger partial charge in [0.25, 0.3) is 0 Å². The predicted octanol–water partition coefficient (Wildman–Crippen LogP) is 2.12. The van der Waals surface area contributed by atoms with Gasteiger partial charge in [-0.2, -0.15) is 0 Å². The number of nitrogens with two attached hydrogens (primary N) is 1. The molecule has 3 N–H and O–H groups in total. The van der Waals surface area contributed by atoms with E-state index in [1.165, 1.54) is 6.07 Å². The molecule has 0 spiro atoms. The first-order chi connectivity index (χ1) is 8.13. The van der Waals surface area contributed by atoms with Gasteiger partial charge in [0.1, 0.15) is 15.9 Å². The Morgan fingerprint density at radius 1 is 1.33 bits per heavy atom. The van der Waals surface area contributed by atoms with Gasteiger partial charge in [-0.3, -0.25) is 0 Å². The zero-order valence-electron chi connectivity index (χ0n) is 10.7. The molecule has 0 atom stereocenters. The lowest BCUT2D eigenvalue weighted by molar-refractivity contribution is 0.450. The third-order valence-corrected chi connectivity index (χ3v) is 4.85. The number of hydrogen-bond donors (Lipinski definition) is 2. The van der Waals surface area contributed by atoms with Gasteiger partial charge in [-0.15, -0.1) is 11.6 Å². The van der Waals surface area contributed by atoms with Crippen LogP contribution in [0, 0.1) is 0 Å². The van der Waals surface area contributed by atoms with E-state index in [0.717, 1.165) is 5.56 Å². The standard InChI is InChI=1S/C12H18ClNO3S/c1-12(2,3)9-4-8(6-14)11(15)10(5-9)18(16,17)7-13/h4-5,15H,6-7,14H2,1-3H3. The van der Waals surface area contributed by atoms with Gasteiger partial charge in [0, 0.05) is 12.1 Å². The van der Waals surface area contributed by atoms with Crippen LogP contribution < -0.4 is 5.73 Å². The van der Waals surface area contributed by atoms with Gasteiger partial charge < -0.3 is 10.8 Å². The second-order valence-corrected chi connectivity index (χ2v) is 7.70. The van der Waals surface area contributed by atoms with Crippen molar-refractivity contribution in [3.8, 4) is 5.75 Å². The molecule has 0 amide bonds. The molecule has 6 heteroatoms. The Balaban J connectivity index is 3.62. The summed E-state index contributed by atoms with van der Waals surface area (Å²) in [5.74, 6) is -0.300. The van der Waals surface area contributed by atoms with Crippen LogP contribution in [0.1, 0.15) is 31.9 Å². The molecule has 0 aliphatic rings. The Morgan fingerprint density at radius 3 is 2.28 bits per heavy atom. The van der Waals surface area contributed by atoms with Crippen LogP contribution in [0.3, 0.4) is 0 Å². The number of sulfone groups is 1. The Morgan fingerprint density at radius 2 is 1.89 bits per heavy atom. The van der Waals surface area contributed by atoms with E-state index in [4.69, 9.17) is 17.3 Å². The largest absolute Gasteiger partial charge is 0.506 e. The van der Waals surface area contributed by atoms with E-state index in [1.54, 1.807) is 6.07 Å². The first kappa shape index (κ1) is 15.3. The van der Waals surface area contributed by atoms with Crippen molar-refractivity contribution in [2.24, 2.45) is 5.73 Å². The van der Waals surface area contributed by atoms with E-state index in [0.29, 0.717) is 5.56 Å². The van der Waals surface area contributed by atoms with Crippen molar-refractivity contribution in [3.05, 3.63) is 23.3 Å². The van der Waals surface area contributed by atoms with E-state index in [9.17, 15) is 13.5 Å². The highest BCUT2D eigenvalue weighted by molar-refractivity contribution is 7.92. The maximum Gasteiger partial charge on any atom is 0.195 e. The summed E-state index contributed by atoms with van der Waals surface area (Å²) in [5, 5.41) is 9.36. The van der Waals surface area contributed by atoms with Crippen molar-refractivity contribution >= 4 is 21.4 Å². The van der Waals surface area contributed by atoms with Crippen LogP contribution in [0.25, 0.3) is 0 Å². The number of phenols is 1. The Bertz CT molecular complexity index is 547. The minimum absolute atomic E-state index is 0.0700. The monoisotopic (exact) mass is 291 g/mol. The van der Waals surface area contributed by atoms with Gasteiger partial charge in [-0.1, -0.05) is 26.8 Å². The van der Waals surface area contributed by atoms with Crippen molar-refractivity contribution in [3.63, 3.8) is 0 Å². The molecule has 0 aromatic heterocycles. The molecule has 0 bridgehead atoms. The summed E-state index contributed by atoms with van der Waals surface area (Å²) in [5.41, 5.74) is 6.49. The summed E-state index contributed by atoms with van der Waals surface area (Å²) in [6, 6.07) is 3.19. The molecule has 0 saturated heterocycles. The first-order valence-electron chi connectivity index (χ1n) is 5.48. The number of phenolic OH excluding ortho intramolecular Hbond substituents is 1. The van der Waals surface area contributed by atoms with E-state index in [-0.39, 0.29) is 22.6 Å². The molecule has 1 aromatic carbocycles. The molecule has 18 heavy (non-hydrogen) atoms. The number of benzene rings is 1. The average molecular weight is 292 g/mol. The van der Waals surface area contributed by atoms with E-state index in [1.807, 2.05) is 20.8 Å². The summed E-state index contributed by atoms with van der Waals surface area (Å²) < 4.78 is 23.7. The predicted molar refractivity (Wildman–Crippen MR) is 72.6 cm³/mol. The van der Waals surface area contributed by atoms with Crippen LogP contribution >= 0.6 is 11.6 Å². The maximum absolute atomic E-state index is 11.8. The van der Waals surface area contributed by atoms with Crippen molar-refractivity contribution < 1.29 is 13.5 Å². The molecule has 0 aliphatic heterocycles. The topological polar surface area (TPSA) is 80.4 Å². The number of aromatic hydroxyl groups is 1. The molecule has 0 aliphatic carbocycles. The minimum Gasteiger partial charge on any atom is -0.506 e. The molecule has 0 saturated carbocycles. The third-order valence-electron chi connectivity index (χ3n) is 2.72. The SMILES string of the molecule is CC(C)(C)c1cc(CN)c(O)c(S(=O)(=O)CCl)c1. The Kier molecular flexibility index (Phi) is 4.30. The molecule has 4 nitrogen and oxygen atoms in total. The quantitative estimate of drug-likeness (QED) is 0.836. The number of halogens is 1.